The van der Waals surface area contributed by atoms with Crippen LogP contribution in [0.25, 0.3) is 0 Å². The second-order valence-corrected chi connectivity index (χ2v) is 5.21. The molecule has 15 heavy (non-hydrogen) atoms. The summed E-state index contributed by atoms with van der Waals surface area (Å²) in [7, 11) is 0. The van der Waals surface area contributed by atoms with Gasteiger partial charge >= 0.3 is 5.97 Å². The molecule has 0 atom stereocenters. The number of nitrogens with one attached hydrogen (secondary N) is 1. The zero-order chi connectivity index (χ0) is 11.5. The highest BCUT2D eigenvalue weighted by Crippen LogP contribution is 2.32. The van der Waals surface area contributed by atoms with E-state index in [0.29, 0.717) is 0 Å². The molecule has 0 unspecified atom stereocenters. The average Bonchev–Trinajstić information content (AvgIpc) is 1.99. The maximum Gasteiger partial charge on any atom is 0.315 e. The van der Waals surface area contributed by atoms with Gasteiger partial charge in [0.15, 0.2) is 0 Å². The lowest BCUT2D eigenvalue weighted by molar-refractivity contribution is -0.171. The minimum Gasteiger partial charge on any atom is -0.459 e. The molecule has 3 nitrogen and oxygen atoms in total. The zero-order valence-electron chi connectivity index (χ0n) is 9.93. The maximum absolute atomic E-state index is 12.0. The molecule has 1 N–H and O–H groups in total. The molecule has 0 bridgehead atoms. The van der Waals surface area contributed by atoms with E-state index in [9.17, 15) is 4.79 Å². The zero-order valence-corrected chi connectivity index (χ0v) is 9.93. The highest BCUT2D eigenvalue weighted by molar-refractivity contribution is 5.79. The van der Waals surface area contributed by atoms with Gasteiger partial charge in [-0.05, 0) is 33.6 Å². The molecule has 0 aromatic heterocycles. The number of hydrogen-bond donors (Lipinski definition) is 1. The molecule has 0 spiro atoms. The van der Waals surface area contributed by atoms with Gasteiger partial charge in [0.05, 0.1) is 5.41 Å². The summed E-state index contributed by atoms with van der Waals surface area (Å²) >= 11 is 0. The van der Waals surface area contributed by atoms with Crippen molar-refractivity contribution in [1.82, 2.24) is 5.32 Å². The normalized spacial score (nSPS) is 19.1. The Balaban J connectivity index is 2.57. The Morgan fingerprint density at radius 1 is 1.53 bits per heavy atom. The number of carbonyl (C=O) groups excluding carboxylic acids is 1. The molecule has 0 radical (unpaired) electrons. The van der Waals surface area contributed by atoms with Gasteiger partial charge in [0.2, 0.25) is 0 Å². The molecule has 86 valence electrons. The molecular weight excluding hydrogens is 190 g/mol. The van der Waals surface area contributed by atoms with Crippen LogP contribution in [0.4, 0.5) is 0 Å². The molecule has 0 aromatic rings. The first-order valence-electron chi connectivity index (χ1n) is 5.45. The van der Waals surface area contributed by atoms with E-state index in [1.54, 1.807) is 0 Å². The van der Waals surface area contributed by atoms with Crippen molar-refractivity contribution in [2.24, 2.45) is 5.41 Å². The van der Waals surface area contributed by atoms with Crippen LogP contribution in [-0.4, -0.2) is 24.7 Å². The third-order valence-electron chi connectivity index (χ3n) is 2.59. The lowest BCUT2D eigenvalue weighted by atomic mass is 9.77. The molecule has 3 heteroatoms. The first-order chi connectivity index (χ1) is 6.90. The summed E-state index contributed by atoms with van der Waals surface area (Å²) in [6.45, 7) is 10.9. The van der Waals surface area contributed by atoms with Crippen LogP contribution in [0.2, 0.25) is 0 Å². The van der Waals surface area contributed by atoms with Crippen molar-refractivity contribution in [3.05, 3.63) is 12.7 Å². The summed E-state index contributed by atoms with van der Waals surface area (Å²) in [4.78, 5) is 12.0. The van der Waals surface area contributed by atoms with Gasteiger partial charge in [0.1, 0.15) is 5.60 Å². The van der Waals surface area contributed by atoms with Crippen LogP contribution in [0.1, 0.15) is 33.6 Å². The second kappa shape index (κ2) is 4.35. The van der Waals surface area contributed by atoms with Gasteiger partial charge in [0, 0.05) is 13.1 Å². The first-order valence-corrected chi connectivity index (χ1v) is 5.45. The van der Waals surface area contributed by atoms with Crippen LogP contribution in [0.5, 0.6) is 0 Å². The SMILES string of the molecule is C=CCCC1(C(=O)OC(C)(C)C)CNC1. The highest BCUT2D eigenvalue weighted by atomic mass is 16.6. The third-order valence-corrected chi connectivity index (χ3v) is 2.59. The molecule has 0 amide bonds. The topological polar surface area (TPSA) is 38.3 Å². The number of rotatable bonds is 4. The lowest BCUT2D eigenvalue weighted by Gasteiger charge is -2.41. The van der Waals surface area contributed by atoms with Crippen molar-refractivity contribution in [2.75, 3.05) is 13.1 Å². The number of esters is 1. The van der Waals surface area contributed by atoms with Crippen LogP contribution < -0.4 is 5.32 Å². The fraction of sp³-hybridized carbons (Fsp3) is 0.750. The molecule has 0 saturated carbocycles. The maximum atomic E-state index is 12.0. The monoisotopic (exact) mass is 211 g/mol. The first kappa shape index (κ1) is 12.2. The molecule has 0 aliphatic carbocycles. The van der Waals surface area contributed by atoms with E-state index in [1.165, 1.54) is 0 Å². The molecule has 0 aromatic carbocycles. The smallest absolute Gasteiger partial charge is 0.315 e. The van der Waals surface area contributed by atoms with Gasteiger partial charge in [-0.3, -0.25) is 4.79 Å². The van der Waals surface area contributed by atoms with Crippen molar-refractivity contribution in [3.8, 4) is 0 Å². The average molecular weight is 211 g/mol. The Morgan fingerprint density at radius 2 is 2.13 bits per heavy atom. The van der Waals surface area contributed by atoms with Crippen LogP contribution in [0, 0.1) is 5.41 Å². The van der Waals surface area contributed by atoms with Gasteiger partial charge in [-0.15, -0.1) is 6.58 Å². The van der Waals surface area contributed by atoms with Crippen molar-refractivity contribution in [2.45, 2.75) is 39.2 Å². The predicted octanol–water partition coefficient (Wildman–Crippen LogP) is 1.88. The van der Waals surface area contributed by atoms with Crippen molar-refractivity contribution >= 4 is 5.97 Å². The van der Waals surface area contributed by atoms with Gasteiger partial charge in [-0.1, -0.05) is 6.08 Å². The van der Waals surface area contributed by atoms with Gasteiger partial charge in [-0.2, -0.15) is 0 Å². The molecule has 1 heterocycles. The minimum atomic E-state index is -0.395. The molecule has 1 aliphatic heterocycles. The Morgan fingerprint density at radius 3 is 2.47 bits per heavy atom. The van der Waals surface area contributed by atoms with Crippen molar-refractivity contribution in [3.63, 3.8) is 0 Å². The Hall–Kier alpha value is -0.830. The lowest BCUT2D eigenvalue weighted by Crippen LogP contribution is -2.59. The quantitative estimate of drug-likeness (QED) is 0.570. The summed E-state index contributed by atoms with van der Waals surface area (Å²) in [6.07, 6.45) is 3.55. The van der Waals surface area contributed by atoms with Gasteiger partial charge in [0.25, 0.3) is 0 Å². The van der Waals surface area contributed by atoms with E-state index in [2.05, 4.69) is 11.9 Å². The second-order valence-electron chi connectivity index (χ2n) is 5.21. The molecule has 1 aliphatic rings. The largest absolute Gasteiger partial charge is 0.459 e. The van der Waals surface area contributed by atoms with E-state index in [4.69, 9.17) is 4.74 Å². The molecule has 1 saturated heterocycles. The van der Waals surface area contributed by atoms with Crippen molar-refractivity contribution < 1.29 is 9.53 Å². The van der Waals surface area contributed by atoms with E-state index in [1.807, 2.05) is 26.8 Å². The molecule has 1 rings (SSSR count). The third kappa shape index (κ3) is 3.06. The van der Waals surface area contributed by atoms with Gasteiger partial charge in [-0.25, -0.2) is 0 Å². The summed E-state index contributed by atoms with van der Waals surface area (Å²) in [5.41, 5.74) is -0.699. The number of allylic oxidation sites excluding steroid dienone is 1. The summed E-state index contributed by atoms with van der Waals surface area (Å²) in [5, 5.41) is 3.14. The summed E-state index contributed by atoms with van der Waals surface area (Å²) in [5.74, 6) is -0.0735. The molecule has 1 fully saturated rings. The number of carbonyl (C=O) groups is 1. The van der Waals surface area contributed by atoms with Crippen LogP contribution in [-0.2, 0) is 9.53 Å². The van der Waals surface area contributed by atoms with Crippen LogP contribution in [0.3, 0.4) is 0 Å². The number of hydrogen-bond acceptors (Lipinski definition) is 3. The van der Waals surface area contributed by atoms with Crippen LogP contribution >= 0.6 is 0 Å². The van der Waals surface area contributed by atoms with E-state index < -0.39 is 5.60 Å². The Bertz CT molecular complexity index is 249. The van der Waals surface area contributed by atoms with Crippen molar-refractivity contribution in [1.29, 1.82) is 0 Å². The predicted molar refractivity (Wildman–Crippen MR) is 60.6 cm³/mol. The summed E-state index contributed by atoms with van der Waals surface area (Å²) in [6, 6.07) is 0. The van der Waals surface area contributed by atoms with E-state index >= 15 is 0 Å². The fourth-order valence-corrected chi connectivity index (χ4v) is 1.61. The molecular formula is C12H21NO2. The minimum absolute atomic E-state index is 0.0735. The Labute approximate surface area is 91.9 Å². The van der Waals surface area contributed by atoms with E-state index in [0.717, 1.165) is 25.9 Å². The number of ether oxygens (including phenoxy) is 1. The van der Waals surface area contributed by atoms with Gasteiger partial charge < -0.3 is 10.1 Å². The standard InChI is InChI=1S/C12H21NO2/c1-5-6-7-12(8-13-9-12)10(14)15-11(2,3)4/h5,13H,1,6-9H2,2-4H3. The van der Waals surface area contributed by atoms with Crippen LogP contribution in [0.15, 0.2) is 12.7 Å². The summed E-state index contributed by atoms with van der Waals surface area (Å²) < 4.78 is 5.43. The fourth-order valence-electron chi connectivity index (χ4n) is 1.61. The Kier molecular flexibility index (Phi) is 3.55. The highest BCUT2D eigenvalue weighted by Gasteiger charge is 2.46. The van der Waals surface area contributed by atoms with E-state index in [-0.39, 0.29) is 11.4 Å².